The van der Waals surface area contributed by atoms with Gasteiger partial charge < -0.3 is 9.64 Å². The van der Waals surface area contributed by atoms with Crippen LogP contribution >= 0.6 is 0 Å². The summed E-state index contributed by atoms with van der Waals surface area (Å²) < 4.78 is 34.6. The van der Waals surface area contributed by atoms with Crippen molar-refractivity contribution >= 4 is 27.8 Å². The van der Waals surface area contributed by atoms with Crippen molar-refractivity contribution < 1.29 is 22.7 Å². The number of rotatable bonds is 9. The highest BCUT2D eigenvalue weighted by Crippen LogP contribution is 2.23. The van der Waals surface area contributed by atoms with Crippen LogP contribution in [-0.2, 0) is 26.3 Å². The first kappa shape index (κ1) is 25.7. The Morgan fingerprint density at radius 3 is 2.15 bits per heavy atom. The lowest BCUT2D eigenvalue weighted by Crippen LogP contribution is -2.50. The van der Waals surface area contributed by atoms with Crippen molar-refractivity contribution in [1.82, 2.24) is 14.1 Å². The fourth-order valence-electron chi connectivity index (χ4n) is 3.78. The number of esters is 1. The largest absolute Gasteiger partial charge is 0.465 e. The zero-order valence-electron chi connectivity index (χ0n) is 19.9. The summed E-state index contributed by atoms with van der Waals surface area (Å²) >= 11 is 0. The number of anilines is 1. The van der Waals surface area contributed by atoms with Crippen LogP contribution in [0, 0.1) is 0 Å². The highest BCUT2D eigenvalue weighted by molar-refractivity contribution is 7.90. The Labute approximate surface area is 201 Å². The fourth-order valence-corrected chi connectivity index (χ4v) is 5.13. The molecule has 3 rings (SSSR count). The summed E-state index contributed by atoms with van der Waals surface area (Å²) in [4.78, 5) is 27.2. The van der Waals surface area contributed by atoms with Crippen LogP contribution in [0.4, 0.5) is 5.69 Å². The SMILES string of the molecule is COC(=O)c1ccc(CN(c2ccccc2)S(=O)(=O)N(C)CCN2CCN(C(C)=O)CC2)cc1. The zero-order valence-corrected chi connectivity index (χ0v) is 20.7. The van der Waals surface area contributed by atoms with Gasteiger partial charge in [0.05, 0.1) is 24.9 Å². The molecule has 1 aliphatic heterocycles. The molecule has 0 aliphatic carbocycles. The molecule has 0 aromatic heterocycles. The first-order chi connectivity index (χ1) is 16.2. The van der Waals surface area contributed by atoms with Crippen LogP contribution in [0.1, 0.15) is 22.8 Å². The molecule has 9 nitrogen and oxygen atoms in total. The number of hydrogen-bond donors (Lipinski definition) is 0. The van der Waals surface area contributed by atoms with Crippen LogP contribution in [0.25, 0.3) is 0 Å². The number of ether oxygens (including phenoxy) is 1. The molecule has 0 radical (unpaired) electrons. The first-order valence-corrected chi connectivity index (χ1v) is 12.6. The Hall–Kier alpha value is -2.95. The lowest BCUT2D eigenvalue weighted by molar-refractivity contribution is -0.130. The maximum absolute atomic E-state index is 13.6. The van der Waals surface area contributed by atoms with Gasteiger partial charge in [0.25, 0.3) is 0 Å². The predicted molar refractivity (Wildman–Crippen MR) is 131 cm³/mol. The molecule has 1 heterocycles. The van der Waals surface area contributed by atoms with E-state index in [9.17, 15) is 18.0 Å². The van der Waals surface area contributed by atoms with E-state index in [-0.39, 0.29) is 12.5 Å². The van der Waals surface area contributed by atoms with Crippen LogP contribution in [0.15, 0.2) is 54.6 Å². The quantitative estimate of drug-likeness (QED) is 0.500. The Bertz CT molecular complexity index is 1070. The number of likely N-dealkylation sites (N-methyl/N-ethyl adjacent to an activating group) is 1. The van der Waals surface area contributed by atoms with Gasteiger partial charge in [0.1, 0.15) is 0 Å². The zero-order chi connectivity index (χ0) is 24.7. The topological polar surface area (TPSA) is 90.5 Å². The maximum atomic E-state index is 13.6. The lowest BCUT2D eigenvalue weighted by atomic mass is 10.1. The number of hydrogen-bond acceptors (Lipinski definition) is 6. The molecule has 0 bridgehead atoms. The van der Waals surface area contributed by atoms with Gasteiger partial charge in [-0.05, 0) is 29.8 Å². The Balaban J connectivity index is 1.72. The number of benzene rings is 2. The maximum Gasteiger partial charge on any atom is 0.337 e. The third kappa shape index (κ3) is 6.34. The predicted octanol–water partition coefficient (Wildman–Crippen LogP) is 1.82. The average Bonchev–Trinajstić information content (AvgIpc) is 2.86. The summed E-state index contributed by atoms with van der Waals surface area (Å²) in [5.41, 5.74) is 1.71. The number of methoxy groups -OCH3 is 1. The minimum Gasteiger partial charge on any atom is -0.465 e. The van der Waals surface area contributed by atoms with Crippen molar-refractivity contribution in [2.45, 2.75) is 13.5 Å². The minimum atomic E-state index is -3.82. The van der Waals surface area contributed by atoms with E-state index < -0.39 is 16.2 Å². The smallest absolute Gasteiger partial charge is 0.337 e. The van der Waals surface area contributed by atoms with Gasteiger partial charge in [-0.1, -0.05) is 30.3 Å². The molecule has 1 saturated heterocycles. The van der Waals surface area contributed by atoms with Gasteiger partial charge in [-0.25, -0.2) is 4.79 Å². The normalized spacial score (nSPS) is 14.8. The summed E-state index contributed by atoms with van der Waals surface area (Å²) in [5, 5.41) is 0. The Morgan fingerprint density at radius 2 is 1.59 bits per heavy atom. The molecule has 34 heavy (non-hydrogen) atoms. The van der Waals surface area contributed by atoms with Gasteiger partial charge in [-0.2, -0.15) is 12.7 Å². The van der Waals surface area contributed by atoms with Crippen molar-refractivity contribution in [3.8, 4) is 0 Å². The van der Waals surface area contributed by atoms with Crippen LogP contribution in [0.5, 0.6) is 0 Å². The highest BCUT2D eigenvalue weighted by Gasteiger charge is 2.28. The number of carbonyl (C=O) groups is 2. The monoisotopic (exact) mass is 488 g/mol. The van der Waals surface area contributed by atoms with Gasteiger partial charge in [0.2, 0.25) is 5.91 Å². The van der Waals surface area contributed by atoms with Crippen molar-refractivity contribution in [2.24, 2.45) is 0 Å². The molecule has 0 N–H and O–H groups in total. The van der Waals surface area contributed by atoms with E-state index in [1.165, 1.54) is 15.7 Å². The Morgan fingerprint density at radius 1 is 0.971 bits per heavy atom. The van der Waals surface area contributed by atoms with Crippen LogP contribution in [0.3, 0.4) is 0 Å². The first-order valence-electron chi connectivity index (χ1n) is 11.2. The summed E-state index contributed by atoms with van der Waals surface area (Å²) in [6, 6.07) is 15.7. The van der Waals surface area contributed by atoms with Gasteiger partial charge in [-0.3, -0.25) is 14.0 Å². The molecule has 184 valence electrons. The molecular formula is C24H32N4O5S. The fraction of sp³-hybridized carbons (Fsp3) is 0.417. The van der Waals surface area contributed by atoms with E-state index in [2.05, 4.69) is 4.90 Å². The van der Waals surface area contributed by atoms with Crippen LogP contribution in [0.2, 0.25) is 0 Å². The molecule has 1 amide bonds. The van der Waals surface area contributed by atoms with E-state index in [1.807, 2.05) is 6.07 Å². The van der Waals surface area contributed by atoms with Gasteiger partial charge in [0, 0.05) is 53.2 Å². The van der Waals surface area contributed by atoms with Crippen molar-refractivity contribution in [3.05, 3.63) is 65.7 Å². The molecule has 2 aromatic carbocycles. The number of carbonyl (C=O) groups excluding carboxylic acids is 2. The van der Waals surface area contributed by atoms with E-state index in [1.54, 1.807) is 67.4 Å². The second-order valence-corrected chi connectivity index (χ2v) is 10.2. The molecule has 0 saturated carbocycles. The molecule has 0 spiro atoms. The van der Waals surface area contributed by atoms with E-state index in [0.717, 1.165) is 18.7 Å². The molecule has 2 aromatic rings. The van der Waals surface area contributed by atoms with Crippen LogP contribution < -0.4 is 4.31 Å². The minimum absolute atomic E-state index is 0.0671. The highest BCUT2D eigenvalue weighted by atomic mass is 32.2. The number of para-hydroxylation sites is 1. The van der Waals surface area contributed by atoms with Crippen molar-refractivity contribution in [1.29, 1.82) is 0 Å². The average molecular weight is 489 g/mol. The lowest BCUT2D eigenvalue weighted by Gasteiger charge is -2.35. The molecule has 0 atom stereocenters. The van der Waals surface area contributed by atoms with Crippen molar-refractivity contribution in [2.75, 3.05) is 57.7 Å². The number of amides is 1. The van der Waals surface area contributed by atoms with Crippen molar-refractivity contribution in [3.63, 3.8) is 0 Å². The summed E-state index contributed by atoms with van der Waals surface area (Å²) in [6.07, 6.45) is 0. The van der Waals surface area contributed by atoms with E-state index in [4.69, 9.17) is 4.74 Å². The number of nitrogens with zero attached hydrogens (tertiary/aromatic N) is 4. The van der Waals surface area contributed by atoms with Gasteiger partial charge >= 0.3 is 16.2 Å². The Kier molecular flexibility index (Phi) is 8.65. The molecule has 1 aliphatic rings. The number of piperazine rings is 1. The molecule has 0 unspecified atom stereocenters. The third-order valence-electron chi connectivity index (χ3n) is 5.97. The standard InChI is InChI=1S/C24H32N4O5S/c1-20(29)27-17-15-26(16-18-27)14-13-25(2)34(31,32)28(23-7-5-4-6-8-23)19-21-9-11-22(12-10-21)24(30)33-3/h4-12H,13-19H2,1-3H3. The van der Waals surface area contributed by atoms with E-state index in [0.29, 0.717) is 37.4 Å². The third-order valence-corrected chi connectivity index (χ3v) is 7.83. The molecule has 10 heteroatoms. The van der Waals surface area contributed by atoms with E-state index >= 15 is 0 Å². The van der Waals surface area contributed by atoms with Crippen LogP contribution in [-0.4, -0.2) is 87.8 Å². The summed E-state index contributed by atoms with van der Waals surface area (Å²) in [5.74, 6) is -0.375. The molecular weight excluding hydrogens is 456 g/mol. The van der Waals surface area contributed by atoms with Gasteiger partial charge in [-0.15, -0.1) is 0 Å². The molecule has 1 fully saturated rings. The summed E-state index contributed by atoms with van der Waals surface area (Å²) in [6.45, 7) is 5.36. The van der Waals surface area contributed by atoms with Gasteiger partial charge in [0.15, 0.2) is 0 Å². The second kappa shape index (κ2) is 11.5. The summed E-state index contributed by atoms with van der Waals surface area (Å²) in [7, 11) is -0.925. The second-order valence-electron chi connectivity index (χ2n) is 8.21.